The van der Waals surface area contributed by atoms with Crippen LogP contribution < -0.4 is 19.3 Å². The lowest BCUT2D eigenvalue weighted by Crippen LogP contribution is -2.31. The summed E-state index contributed by atoms with van der Waals surface area (Å²) in [6, 6.07) is 12.1. The maximum atomic E-state index is 12.9. The molecule has 182 valence electrons. The van der Waals surface area contributed by atoms with Crippen molar-refractivity contribution < 1.29 is 28.7 Å². The van der Waals surface area contributed by atoms with Gasteiger partial charge in [0, 0.05) is 24.7 Å². The fourth-order valence-corrected chi connectivity index (χ4v) is 5.43. The largest absolute Gasteiger partial charge is 0.497 e. The molecule has 3 aliphatic rings. The first kappa shape index (κ1) is 23.1. The second-order valence-corrected chi connectivity index (χ2v) is 9.49. The Hall–Kier alpha value is -3.68. The molecule has 2 heterocycles. The Balaban J connectivity index is 1.28. The number of nitrogens with zero attached hydrogens (tertiary/aromatic N) is 2. The lowest BCUT2D eigenvalue weighted by molar-refractivity contribution is -0.139. The predicted molar refractivity (Wildman–Crippen MR) is 128 cm³/mol. The fraction of sp³-hybridized carbons (Fsp3) is 0.407. The number of hydrogen-bond acceptors (Lipinski definition) is 6. The molecular formula is C27H28N2O6. The number of aryl methyl sites for hydroxylation is 1. The molecule has 0 aromatic heterocycles. The average molecular weight is 477 g/mol. The molecule has 8 heteroatoms. The van der Waals surface area contributed by atoms with Crippen LogP contribution in [0.3, 0.4) is 0 Å². The SMILES string of the molecule is COc1cccc(N2C[C@H](C(=O)Oc3ccc(N4C(=O)[C@H]5CCCC[C@H]5C4=O)c(C)c3)CC2=O)c1. The van der Waals surface area contributed by atoms with E-state index in [0.29, 0.717) is 28.4 Å². The van der Waals surface area contributed by atoms with Crippen LogP contribution in [0.1, 0.15) is 37.7 Å². The maximum Gasteiger partial charge on any atom is 0.316 e. The third kappa shape index (κ3) is 4.17. The van der Waals surface area contributed by atoms with Gasteiger partial charge in [-0.15, -0.1) is 0 Å². The van der Waals surface area contributed by atoms with Crippen molar-refractivity contribution in [1.29, 1.82) is 0 Å². The number of anilines is 2. The Labute approximate surface area is 203 Å². The highest BCUT2D eigenvalue weighted by Gasteiger charge is 2.49. The van der Waals surface area contributed by atoms with Gasteiger partial charge in [0.25, 0.3) is 0 Å². The smallest absolute Gasteiger partial charge is 0.316 e. The number of imide groups is 1. The number of esters is 1. The minimum Gasteiger partial charge on any atom is -0.497 e. The quantitative estimate of drug-likeness (QED) is 0.372. The zero-order chi connectivity index (χ0) is 24.7. The van der Waals surface area contributed by atoms with Crippen molar-refractivity contribution in [2.24, 2.45) is 17.8 Å². The Kier molecular flexibility index (Phi) is 6.05. The van der Waals surface area contributed by atoms with E-state index in [1.54, 1.807) is 61.4 Å². The molecule has 0 N–H and O–H groups in total. The van der Waals surface area contributed by atoms with E-state index in [-0.39, 0.29) is 42.5 Å². The van der Waals surface area contributed by atoms with E-state index in [9.17, 15) is 19.2 Å². The van der Waals surface area contributed by atoms with Crippen molar-refractivity contribution in [3.63, 3.8) is 0 Å². The molecule has 35 heavy (non-hydrogen) atoms. The van der Waals surface area contributed by atoms with Crippen molar-refractivity contribution in [2.75, 3.05) is 23.5 Å². The van der Waals surface area contributed by atoms with Crippen molar-refractivity contribution >= 4 is 35.1 Å². The van der Waals surface area contributed by atoms with Crippen LogP contribution in [0.4, 0.5) is 11.4 Å². The van der Waals surface area contributed by atoms with Gasteiger partial charge in [-0.3, -0.25) is 19.2 Å². The highest BCUT2D eigenvalue weighted by atomic mass is 16.5. The van der Waals surface area contributed by atoms with Crippen molar-refractivity contribution in [3.05, 3.63) is 48.0 Å². The zero-order valence-corrected chi connectivity index (χ0v) is 19.9. The van der Waals surface area contributed by atoms with Gasteiger partial charge in [0.1, 0.15) is 11.5 Å². The van der Waals surface area contributed by atoms with Gasteiger partial charge in [0.15, 0.2) is 0 Å². The van der Waals surface area contributed by atoms with Gasteiger partial charge in [-0.2, -0.15) is 0 Å². The van der Waals surface area contributed by atoms with E-state index in [2.05, 4.69) is 0 Å². The molecule has 0 unspecified atom stereocenters. The summed E-state index contributed by atoms with van der Waals surface area (Å²) in [7, 11) is 1.56. The monoisotopic (exact) mass is 476 g/mol. The highest BCUT2D eigenvalue weighted by Crippen LogP contribution is 2.41. The summed E-state index contributed by atoms with van der Waals surface area (Å²) >= 11 is 0. The van der Waals surface area contributed by atoms with Crippen LogP contribution in [-0.4, -0.2) is 37.3 Å². The number of methoxy groups -OCH3 is 1. The second-order valence-electron chi connectivity index (χ2n) is 9.49. The third-order valence-corrected chi connectivity index (χ3v) is 7.29. The molecule has 0 bridgehead atoms. The van der Waals surface area contributed by atoms with Gasteiger partial charge in [-0.25, -0.2) is 4.90 Å². The Morgan fingerprint density at radius 2 is 1.66 bits per heavy atom. The highest BCUT2D eigenvalue weighted by molar-refractivity contribution is 6.22. The third-order valence-electron chi connectivity index (χ3n) is 7.29. The molecule has 1 aliphatic carbocycles. The molecule has 5 rings (SSSR count). The number of hydrogen-bond donors (Lipinski definition) is 0. The minimum atomic E-state index is -0.599. The van der Waals surface area contributed by atoms with Crippen LogP contribution in [-0.2, 0) is 19.2 Å². The molecule has 0 spiro atoms. The van der Waals surface area contributed by atoms with Crippen LogP contribution in [0.15, 0.2) is 42.5 Å². The van der Waals surface area contributed by atoms with E-state index < -0.39 is 11.9 Å². The Bertz CT molecular complexity index is 1180. The molecule has 1 saturated carbocycles. The number of carbonyl (C=O) groups excluding carboxylic acids is 4. The predicted octanol–water partition coefficient (Wildman–Crippen LogP) is 3.64. The van der Waals surface area contributed by atoms with Crippen LogP contribution in [0, 0.1) is 24.7 Å². The lowest BCUT2D eigenvalue weighted by atomic mass is 9.81. The van der Waals surface area contributed by atoms with E-state index in [4.69, 9.17) is 9.47 Å². The second kappa shape index (κ2) is 9.17. The Morgan fingerprint density at radius 3 is 2.31 bits per heavy atom. The van der Waals surface area contributed by atoms with Gasteiger partial charge in [0.05, 0.1) is 30.6 Å². The lowest BCUT2D eigenvalue weighted by Gasteiger charge is -2.19. The van der Waals surface area contributed by atoms with E-state index in [1.807, 2.05) is 0 Å². The van der Waals surface area contributed by atoms with Crippen molar-refractivity contribution in [3.8, 4) is 11.5 Å². The minimum absolute atomic E-state index is 0.0622. The first-order chi connectivity index (χ1) is 16.9. The molecule has 2 aliphatic heterocycles. The molecule has 2 aromatic rings. The fourth-order valence-electron chi connectivity index (χ4n) is 5.43. The molecule has 3 atom stereocenters. The number of amides is 3. The standard InChI is InChI=1S/C27H28N2O6/c1-16-12-20(10-11-23(16)29-25(31)21-8-3-4-9-22(21)26(29)32)35-27(33)17-13-24(30)28(15-17)18-6-5-7-19(14-18)34-2/h5-7,10-12,14,17,21-22H,3-4,8-9,13,15H2,1-2H3/t17-,21-,22+/m1/s1. The summed E-state index contributed by atoms with van der Waals surface area (Å²) in [5.74, 6) is -0.996. The summed E-state index contributed by atoms with van der Waals surface area (Å²) in [4.78, 5) is 54.1. The van der Waals surface area contributed by atoms with E-state index >= 15 is 0 Å². The summed E-state index contributed by atoms with van der Waals surface area (Å²) in [5, 5.41) is 0. The van der Waals surface area contributed by atoms with Gasteiger partial charge < -0.3 is 14.4 Å². The number of carbonyl (C=O) groups is 4. The van der Waals surface area contributed by atoms with Crippen LogP contribution >= 0.6 is 0 Å². The van der Waals surface area contributed by atoms with Crippen LogP contribution in [0.25, 0.3) is 0 Å². The zero-order valence-electron chi connectivity index (χ0n) is 19.9. The molecule has 8 nitrogen and oxygen atoms in total. The summed E-state index contributed by atoms with van der Waals surface area (Å²) < 4.78 is 10.8. The first-order valence-electron chi connectivity index (χ1n) is 12.0. The molecule has 2 saturated heterocycles. The Morgan fingerprint density at radius 1 is 0.943 bits per heavy atom. The number of fused-ring (bicyclic) bond motifs is 1. The number of rotatable bonds is 5. The van der Waals surface area contributed by atoms with E-state index in [0.717, 1.165) is 25.7 Å². The maximum absolute atomic E-state index is 12.9. The van der Waals surface area contributed by atoms with Crippen LogP contribution in [0.2, 0.25) is 0 Å². The van der Waals surface area contributed by atoms with Crippen molar-refractivity contribution in [1.82, 2.24) is 0 Å². The molecule has 2 aromatic carbocycles. The van der Waals surface area contributed by atoms with Gasteiger partial charge >= 0.3 is 5.97 Å². The summed E-state index contributed by atoms with van der Waals surface area (Å²) in [5.41, 5.74) is 1.89. The molecular weight excluding hydrogens is 448 g/mol. The van der Waals surface area contributed by atoms with Crippen LogP contribution in [0.5, 0.6) is 11.5 Å². The topological polar surface area (TPSA) is 93.2 Å². The van der Waals surface area contributed by atoms with E-state index in [1.165, 1.54) is 4.90 Å². The molecule has 3 amide bonds. The van der Waals surface area contributed by atoms with Crippen molar-refractivity contribution in [2.45, 2.75) is 39.0 Å². The normalized spacial score (nSPS) is 24.1. The van der Waals surface area contributed by atoms with Gasteiger partial charge in [0.2, 0.25) is 17.7 Å². The molecule has 3 fully saturated rings. The summed E-state index contributed by atoms with van der Waals surface area (Å²) in [6.45, 7) is 2.01. The molecule has 0 radical (unpaired) electrons. The van der Waals surface area contributed by atoms with Gasteiger partial charge in [-0.1, -0.05) is 18.9 Å². The average Bonchev–Trinajstić information content (AvgIpc) is 3.37. The number of benzene rings is 2. The first-order valence-corrected chi connectivity index (χ1v) is 12.0. The number of ether oxygens (including phenoxy) is 2. The summed E-state index contributed by atoms with van der Waals surface area (Å²) in [6.07, 6.45) is 3.52. The van der Waals surface area contributed by atoms with Gasteiger partial charge in [-0.05, 0) is 55.7 Å².